The summed E-state index contributed by atoms with van der Waals surface area (Å²) in [5.74, 6) is -3.06. The van der Waals surface area contributed by atoms with Gasteiger partial charge in [0, 0.05) is 43.4 Å². The van der Waals surface area contributed by atoms with Gasteiger partial charge < -0.3 is 25.3 Å². The third-order valence-corrected chi connectivity index (χ3v) is 11.1. The molecule has 50 heavy (non-hydrogen) atoms. The normalized spacial score (nSPS) is 32.7. The average Bonchev–Trinajstić information content (AvgIpc) is 3.67. The van der Waals surface area contributed by atoms with Gasteiger partial charge in [-0.15, -0.1) is 5.10 Å². The molecule has 0 unspecified atom stereocenters. The summed E-state index contributed by atoms with van der Waals surface area (Å²) in [4.78, 5) is 43.0. The number of aryl methyl sites for hydroxylation is 1. The van der Waals surface area contributed by atoms with Gasteiger partial charge in [-0.05, 0) is 76.9 Å². The van der Waals surface area contributed by atoms with Crippen molar-refractivity contribution < 1.29 is 28.6 Å². The van der Waals surface area contributed by atoms with Gasteiger partial charge in [-0.2, -0.15) is 5.26 Å². The lowest BCUT2D eigenvalue weighted by Gasteiger charge is -2.41. The Labute approximate surface area is 297 Å². The van der Waals surface area contributed by atoms with Crippen LogP contribution in [-0.4, -0.2) is 95.2 Å². The van der Waals surface area contributed by atoms with Gasteiger partial charge in [0.1, 0.15) is 25.6 Å². The second-order valence-corrected chi connectivity index (χ2v) is 14.6. The number of esters is 1. The maximum atomic E-state index is 13.8. The molecule has 13 nitrogen and oxygen atoms in total. The van der Waals surface area contributed by atoms with Crippen LogP contribution in [0.5, 0.6) is 0 Å². The highest BCUT2D eigenvalue weighted by Crippen LogP contribution is 2.41. The minimum Gasteiger partial charge on any atom is -0.457 e. The fourth-order valence-corrected chi connectivity index (χ4v) is 7.81. The molecule has 9 atom stereocenters. The number of anilines is 1. The quantitative estimate of drug-likeness (QED) is 0.129. The number of ketones is 1. The van der Waals surface area contributed by atoms with E-state index in [-0.39, 0.29) is 30.0 Å². The molecule has 1 aromatic heterocycles. The van der Waals surface area contributed by atoms with Crippen LogP contribution in [0.15, 0.2) is 30.5 Å². The number of hydrogen-bond donors (Lipinski definition) is 2. The summed E-state index contributed by atoms with van der Waals surface area (Å²) in [6, 6.07) is 8.76. The smallest absolute Gasteiger partial charge is 0.410 e. The zero-order valence-electron chi connectivity index (χ0n) is 30.8. The molecule has 2 fully saturated rings. The second-order valence-electron chi connectivity index (χ2n) is 14.6. The minimum absolute atomic E-state index is 0.143. The number of fused-ring (bicyclic) bond motifs is 1. The van der Waals surface area contributed by atoms with Gasteiger partial charge in [-0.1, -0.05) is 38.1 Å². The molecule has 0 bridgehead atoms. The molecule has 2 aromatic rings. The molecule has 2 aliphatic heterocycles. The van der Waals surface area contributed by atoms with E-state index in [1.54, 1.807) is 30.5 Å². The fourth-order valence-electron chi connectivity index (χ4n) is 7.81. The van der Waals surface area contributed by atoms with Crippen LogP contribution >= 0.6 is 0 Å². The summed E-state index contributed by atoms with van der Waals surface area (Å²) >= 11 is 0. The van der Waals surface area contributed by atoms with E-state index in [0.29, 0.717) is 44.6 Å². The zero-order chi connectivity index (χ0) is 36.8. The van der Waals surface area contributed by atoms with Crippen LogP contribution in [0.3, 0.4) is 0 Å². The molecule has 272 valence electrons. The van der Waals surface area contributed by atoms with Crippen LogP contribution in [0.4, 0.5) is 10.5 Å². The number of carbonyl (C=O) groups excluding carboxylic acids is 3. The van der Waals surface area contributed by atoms with E-state index >= 15 is 0 Å². The number of cyclic esters (lactones) is 1. The first-order chi connectivity index (χ1) is 23.7. The van der Waals surface area contributed by atoms with Crippen LogP contribution in [0.1, 0.15) is 73.6 Å². The van der Waals surface area contributed by atoms with Crippen LogP contribution in [0, 0.1) is 29.1 Å². The molecular formula is C36H54BN7O6. The number of nitrogens with two attached hydrogens (primary N) is 1. The predicted octanol–water partition coefficient (Wildman–Crippen LogP) is 3.79. The molecule has 3 heterocycles. The zero-order valence-corrected chi connectivity index (χ0v) is 30.8. The number of methoxy groups -OCH3 is 1. The first-order valence-corrected chi connectivity index (χ1v) is 17.8. The van der Waals surface area contributed by atoms with Crippen molar-refractivity contribution >= 4 is 31.4 Å². The Hall–Kier alpha value is -3.96. The van der Waals surface area contributed by atoms with E-state index in [2.05, 4.69) is 22.6 Å². The monoisotopic (exact) mass is 691 g/mol. The standard InChI is InChI=1S/C36H54BN7O6/c1-8-29-36(6)32(44(34(47)50-36)17-10-9-16-43-21-28(41-42-43)25-12-11-13-26(39)18-25)24(4)40-20-22(2)19-35(5,48-7)31(37)23(3)30(45)27(14-15-38)33(46)49-29/h11-13,18,21-24,27,29,31-32,40H,8-10,14,16-17,19-20,37,39H2,1-7H3/t22-,23+,24-,27-,29-,31-,32-,35-,36-/m1/s1. The lowest BCUT2D eigenvalue weighted by atomic mass is 9.62. The topological polar surface area (TPSA) is 175 Å². The molecular weight excluding hydrogens is 637 g/mol. The summed E-state index contributed by atoms with van der Waals surface area (Å²) in [6.45, 7) is 13.2. The third-order valence-electron chi connectivity index (χ3n) is 11.1. The van der Waals surface area contributed by atoms with Crippen LogP contribution in [-0.2, 0) is 30.3 Å². The number of amides is 1. The molecule has 0 radical (unpaired) electrons. The van der Waals surface area contributed by atoms with Gasteiger partial charge in [0.15, 0.2) is 11.4 Å². The largest absolute Gasteiger partial charge is 0.457 e. The van der Waals surface area contributed by atoms with Gasteiger partial charge in [0.05, 0.1) is 30.3 Å². The number of hydrogen-bond acceptors (Lipinski definition) is 11. The average molecular weight is 692 g/mol. The lowest BCUT2D eigenvalue weighted by molar-refractivity contribution is -0.170. The number of nitriles is 1. The highest BCUT2D eigenvalue weighted by atomic mass is 16.6. The van der Waals surface area contributed by atoms with E-state index in [0.717, 1.165) is 17.7 Å². The number of aromatic nitrogens is 3. The SMILES string of the molecule is B[C@@H]1[C@@H](C)C(=O)[C@@H](CC#N)C(=O)O[C@H](CC)[C@@]2(C)OC(=O)N(CCCCn3cc(-c4cccc(N)c4)nn3)[C@@H]2[C@@H](C)NC[C@H](C)C[C@@]1(C)OC. The number of nitrogens with one attached hydrogen (secondary N) is 1. The summed E-state index contributed by atoms with van der Waals surface area (Å²) in [5.41, 5.74) is 6.31. The van der Waals surface area contributed by atoms with Crippen molar-refractivity contribution in [1.29, 1.82) is 5.26 Å². The summed E-state index contributed by atoms with van der Waals surface area (Å²) < 4.78 is 20.0. The molecule has 0 saturated carbocycles. The molecule has 2 aliphatic rings. The highest BCUT2D eigenvalue weighted by Gasteiger charge is 2.58. The Balaban J connectivity index is 1.58. The lowest BCUT2D eigenvalue weighted by Crippen LogP contribution is -2.61. The first-order valence-electron chi connectivity index (χ1n) is 17.8. The third kappa shape index (κ3) is 8.32. The number of rotatable bonds is 9. The Kier molecular flexibility index (Phi) is 12.7. The second kappa shape index (κ2) is 16.4. The van der Waals surface area contributed by atoms with Gasteiger partial charge in [0.25, 0.3) is 0 Å². The van der Waals surface area contributed by atoms with Crippen molar-refractivity contribution in [3.05, 3.63) is 30.5 Å². The van der Waals surface area contributed by atoms with Crippen LogP contribution in [0.25, 0.3) is 11.3 Å². The Morgan fingerprint density at radius 2 is 1.90 bits per heavy atom. The summed E-state index contributed by atoms with van der Waals surface area (Å²) in [5, 5.41) is 21.8. The number of benzene rings is 1. The molecule has 1 aromatic carbocycles. The molecule has 0 aliphatic carbocycles. The number of nitrogens with zero attached hydrogens (tertiary/aromatic N) is 5. The maximum Gasteiger partial charge on any atom is 0.410 e. The predicted molar refractivity (Wildman–Crippen MR) is 192 cm³/mol. The van der Waals surface area contributed by atoms with Crippen molar-refractivity contribution in [3.8, 4) is 17.3 Å². The van der Waals surface area contributed by atoms with E-state index in [9.17, 15) is 19.6 Å². The van der Waals surface area contributed by atoms with Crippen molar-refractivity contribution in [3.63, 3.8) is 0 Å². The summed E-state index contributed by atoms with van der Waals surface area (Å²) in [7, 11) is 3.60. The molecule has 3 N–H and O–H groups in total. The van der Waals surface area contributed by atoms with Crippen molar-refractivity contribution in [1.82, 2.24) is 25.2 Å². The molecule has 0 spiro atoms. The number of unbranched alkanes of at least 4 members (excludes halogenated alkanes) is 1. The van der Waals surface area contributed by atoms with E-state index in [4.69, 9.17) is 19.9 Å². The fraction of sp³-hybridized carbons (Fsp3) is 0.667. The Bertz CT molecular complexity index is 1550. The van der Waals surface area contributed by atoms with Gasteiger partial charge in [0.2, 0.25) is 0 Å². The Morgan fingerprint density at radius 1 is 1.18 bits per heavy atom. The molecule has 1 amide bonds. The number of Topliss-reactive ketones (excluding diaryl/α,β-unsaturated/α-hetero) is 1. The maximum absolute atomic E-state index is 13.8. The number of ether oxygens (including phenoxy) is 3. The molecule has 2 saturated heterocycles. The molecule has 14 heteroatoms. The van der Waals surface area contributed by atoms with E-state index in [1.165, 1.54) is 0 Å². The minimum atomic E-state index is -1.27. The summed E-state index contributed by atoms with van der Waals surface area (Å²) in [6.07, 6.45) is 2.61. The number of carbonyl (C=O) groups is 3. The van der Waals surface area contributed by atoms with E-state index in [1.807, 2.05) is 65.1 Å². The van der Waals surface area contributed by atoms with Crippen LogP contribution in [0.2, 0.25) is 5.82 Å². The van der Waals surface area contributed by atoms with Gasteiger partial charge in [-0.25, -0.2) is 4.79 Å². The van der Waals surface area contributed by atoms with Gasteiger partial charge in [-0.3, -0.25) is 19.2 Å². The Morgan fingerprint density at radius 3 is 2.56 bits per heavy atom. The highest BCUT2D eigenvalue weighted by molar-refractivity contribution is 6.15. The van der Waals surface area contributed by atoms with Crippen molar-refractivity contribution in [2.45, 2.75) is 115 Å². The van der Waals surface area contributed by atoms with E-state index < -0.39 is 47.2 Å². The molecule has 4 rings (SSSR count). The van der Waals surface area contributed by atoms with Gasteiger partial charge >= 0.3 is 12.1 Å². The van der Waals surface area contributed by atoms with Crippen molar-refractivity contribution in [2.24, 2.45) is 17.8 Å². The first kappa shape index (κ1) is 38.8. The van der Waals surface area contributed by atoms with Crippen molar-refractivity contribution in [2.75, 3.05) is 25.9 Å². The van der Waals surface area contributed by atoms with Crippen LogP contribution < -0.4 is 11.1 Å². The number of nitrogen functional groups attached to an aromatic ring is 1.